The van der Waals surface area contributed by atoms with E-state index in [0.717, 1.165) is 10.2 Å². The highest BCUT2D eigenvalue weighted by atomic mass is 35.5. The van der Waals surface area contributed by atoms with Crippen molar-refractivity contribution in [3.63, 3.8) is 0 Å². The number of thiazole rings is 1. The molecule has 2 N–H and O–H groups in total. The zero-order chi connectivity index (χ0) is 9.42. The maximum atomic E-state index is 10.8. The molecule has 74 valence electrons. The Kier molecular flexibility index (Phi) is 3.31. The van der Waals surface area contributed by atoms with E-state index in [1.54, 1.807) is 18.2 Å². The summed E-state index contributed by atoms with van der Waals surface area (Å²) in [4.78, 5) is 14.9. The predicted molar refractivity (Wildman–Crippen MR) is 61.5 cm³/mol. The molecule has 0 bridgehead atoms. The van der Waals surface area contributed by atoms with E-state index in [2.05, 4.69) is 4.98 Å². The quantitative estimate of drug-likeness (QED) is 0.790. The minimum Gasteiger partial charge on any atom is -0.375 e. The molecule has 0 aliphatic heterocycles. The number of rotatable bonds is 1. The lowest BCUT2D eigenvalue weighted by Gasteiger charge is -1.91. The van der Waals surface area contributed by atoms with Crippen LogP contribution in [-0.2, 0) is 0 Å². The zero-order valence-electron chi connectivity index (χ0n) is 6.86. The molecule has 0 aliphatic rings. The molecule has 0 aliphatic carbocycles. The second-order valence-electron chi connectivity index (χ2n) is 2.51. The molecule has 2 rings (SSSR count). The van der Waals surface area contributed by atoms with Gasteiger partial charge in [-0.05, 0) is 29.8 Å². The average Bonchev–Trinajstić information content (AvgIpc) is 2.42. The molecule has 0 unspecified atom stereocenters. The number of fused-ring (bicyclic) bond motifs is 1. The minimum atomic E-state index is -0.464. The number of benzene rings is 1. The van der Waals surface area contributed by atoms with Gasteiger partial charge in [-0.1, -0.05) is 11.3 Å². The summed E-state index contributed by atoms with van der Waals surface area (Å²) in [7, 11) is 0. The first-order valence-electron chi connectivity index (χ1n) is 3.53. The maximum absolute atomic E-state index is 10.8. The van der Waals surface area contributed by atoms with Crippen LogP contribution in [0.25, 0.3) is 10.2 Å². The monoisotopic (exact) mass is 248 g/mol. The molecule has 1 aromatic heterocycles. The van der Waals surface area contributed by atoms with Gasteiger partial charge in [0.05, 0.1) is 10.2 Å². The predicted octanol–water partition coefficient (Wildman–Crippen LogP) is 2.68. The van der Waals surface area contributed by atoms with Gasteiger partial charge >= 0.3 is 0 Å². The molecule has 0 atom stereocenters. The fraction of sp³-hybridized carbons (Fsp3) is 0. The van der Waals surface area contributed by atoms with Crippen molar-refractivity contribution in [3.8, 4) is 0 Å². The standard InChI is InChI=1S/C8H5ClN2OS.ClH/c9-7(12)4-1-2-5-6(3-4)13-8(10)11-5;/h1-3H,(H2,10,11);1H. The maximum Gasteiger partial charge on any atom is 0.252 e. The van der Waals surface area contributed by atoms with E-state index in [9.17, 15) is 4.79 Å². The van der Waals surface area contributed by atoms with Gasteiger partial charge in [0.2, 0.25) is 0 Å². The van der Waals surface area contributed by atoms with Gasteiger partial charge in [-0.25, -0.2) is 4.98 Å². The molecule has 3 nitrogen and oxygen atoms in total. The van der Waals surface area contributed by atoms with E-state index in [1.807, 2.05) is 0 Å². The Hall–Kier alpha value is -0.840. The molecule has 6 heteroatoms. The number of aromatic nitrogens is 1. The number of nitrogens with two attached hydrogens (primary N) is 1. The Morgan fingerprint density at radius 1 is 1.50 bits per heavy atom. The van der Waals surface area contributed by atoms with E-state index in [0.29, 0.717) is 10.7 Å². The number of halogens is 2. The first-order chi connectivity index (χ1) is 6.16. The van der Waals surface area contributed by atoms with Gasteiger partial charge in [0, 0.05) is 5.56 Å². The average molecular weight is 249 g/mol. The molecule has 0 spiro atoms. The third-order valence-corrected chi connectivity index (χ3v) is 2.70. The van der Waals surface area contributed by atoms with Crippen LogP contribution in [0.3, 0.4) is 0 Å². The van der Waals surface area contributed by atoms with Gasteiger partial charge in [0.25, 0.3) is 5.24 Å². The number of hydrogen-bond acceptors (Lipinski definition) is 4. The Bertz CT molecular complexity index is 483. The van der Waals surface area contributed by atoms with Gasteiger partial charge in [-0.2, -0.15) is 0 Å². The summed E-state index contributed by atoms with van der Waals surface area (Å²) in [6.45, 7) is 0. The Balaban J connectivity index is 0.000000980. The van der Waals surface area contributed by atoms with Crippen molar-refractivity contribution in [1.82, 2.24) is 4.98 Å². The lowest BCUT2D eigenvalue weighted by Crippen LogP contribution is -1.86. The normalized spacial score (nSPS) is 9.79. The second kappa shape index (κ2) is 4.13. The molecule has 14 heavy (non-hydrogen) atoms. The van der Waals surface area contributed by atoms with Gasteiger partial charge in [0.1, 0.15) is 0 Å². The summed E-state index contributed by atoms with van der Waals surface area (Å²) < 4.78 is 0.879. The minimum absolute atomic E-state index is 0. The molecule has 0 saturated carbocycles. The van der Waals surface area contributed by atoms with Crippen LogP contribution in [0.15, 0.2) is 18.2 Å². The Morgan fingerprint density at radius 2 is 2.21 bits per heavy atom. The number of nitrogens with zero attached hydrogens (tertiary/aromatic N) is 1. The van der Waals surface area contributed by atoms with Crippen LogP contribution in [0, 0.1) is 0 Å². The summed E-state index contributed by atoms with van der Waals surface area (Å²) in [5, 5.41) is 0.0306. The first kappa shape index (κ1) is 11.2. The number of nitrogen functional groups attached to an aromatic ring is 1. The van der Waals surface area contributed by atoms with Crippen LogP contribution in [-0.4, -0.2) is 10.2 Å². The molecule has 0 saturated heterocycles. The van der Waals surface area contributed by atoms with Gasteiger partial charge in [0.15, 0.2) is 5.13 Å². The van der Waals surface area contributed by atoms with Crippen molar-refractivity contribution in [2.24, 2.45) is 0 Å². The highest BCUT2D eigenvalue weighted by Crippen LogP contribution is 2.24. The molecule has 0 fully saturated rings. The Labute approximate surface area is 95.3 Å². The van der Waals surface area contributed by atoms with Crippen molar-refractivity contribution < 1.29 is 4.79 Å². The van der Waals surface area contributed by atoms with Crippen LogP contribution >= 0.6 is 35.3 Å². The van der Waals surface area contributed by atoms with Crippen LogP contribution in [0.2, 0.25) is 0 Å². The van der Waals surface area contributed by atoms with Gasteiger partial charge in [-0.3, -0.25) is 4.79 Å². The van der Waals surface area contributed by atoms with E-state index < -0.39 is 5.24 Å². The highest BCUT2D eigenvalue weighted by molar-refractivity contribution is 7.22. The SMILES string of the molecule is Cl.Nc1nc2ccc(C(=O)Cl)cc2s1. The van der Waals surface area contributed by atoms with Crippen molar-refractivity contribution in [3.05, 3.63) is 23.8 Å². The molecule has 2 aromatic rings. The van der Waals surface area contributed by atoms with Gasteiger partial charge < -0.3 is 5.73 Å². The summed E-state index contributed by atoms with van der Waals surface area (Å²) in [6, 6.07) is 5.06. The third kappa shape index (κ3) is 1.97. The largest absolute Gasteiger partial charge is 0.375 e. The highest BCUT2D eigenvalue weighted by Gasteiger charge is 2.05. The summed E-state index contributed by atoms with van der Waals surface area (Å²) in [5.41, 5.74) is 6.77. The van der Waals surface area contributed by atoms with Crippen LogP contribution in [0.1, 0.15) is 10.4 Å². The molecule has 1 heterocycles. The fourth-order valence-corrected chi connectivity index (χ4v) is 1.96. The van der Waals surface area contributed by atoms with E-state index in [1.165, 1.54) is 11.3 Å². The van der Waals surface area contributed by atoms with Crippen molar-refractivity contribution >= 4 is 55.9 Å². The Morgan fingerprint density at radius 3 is 2.86 bits per heavy atom. The van der Waals surface area contributed by atoms with Crippen molar-refractivity contribution in [2.45, 2.75) is 0 Å². The zero-order valence-corrected chi connectivity index (χ0v) is 9.25. The molecule has 1 aromatic carbocycles. The van der Waals surface area contributed by atoms with Crippen LogP contribution in [0.5, 0.6) is 0 Å². The molecule has 0 amide bonds. The van der Waals surface area contributed by atoms with Gasteiger partial charge in [-0.15, -0.1) is 12.4 Å². The molecular formula is C8H6Cl2N2OS. The fourth-order valence-electron chi connectivity index (χ4n) is 1.06. The lowest BCUT2D eigenvalue weighted by molar-refractivity contribution is 0.108. The van der Waals surface area contributed by atoms with Crippen LogP contribution in [0.4, 0.5) is 5.13 Å². The lowest BCUT2D eigenvalue weighted by atomic mass is 10.2. The topological polar surface area (TPSA) is 56.0 Å². The number of hydrogen-bond donors (Lipinski definition) is 1. The van der Waals surface area contributed by atoms with E-state index in [4.69, 9.17) is 17.3 Å². The number of anilines is 1. The van der Waals surface area contributed by atoms with Crippen molar-refractivity contribution in [1.29, 1.82) is 0 Å². The van der Waals surface area contributed by atoms with E-state index >= 15 is 0 Å². The smallest absolute Gasteiger partial charge is 0.252 e. The summed E-state index contributed by atoms with van der Waals surface area (Å²) in [5.74, 6) is 0. The van der Waals surface area contributed by atoms with Crippen molar-refractivity contribution in [2.75, 3.05) is 5.73 Å². The third-order valence-electron chi connectivity index (χ3n) is 1.63. The summed E-state index contributed by atoms with van der Waals surface area (Å²) >= 11 is 6.66. The number of carbonyl (C=O) groups excluding carboxylic acids is 1. The van der Waals surface area contributed by atoms with E-state index in [-0.39, 0.29) is 12.4 Å². The first-order valence-corrected chi connectivity index (χ1v) is 4.72. The van der Waals surface area contributed by atoms with Crippen LogP contribution < -0.4 is 5.73 Å². The molecule has 0 radical (unpaired) electrons. The second-order valence-corrected chi connectivity index (χ2v) is 3.91. The summed E-state index contributed by atoms with van der Waals surface area (Å²) in [6.07, 6.45) is 0. The molecular weight excluding hydrogens is 243 g/mol. The number of carbonyl (C=O) groups is 1.